The van der Waals surface area contributed by atoms with Crippen LogP contribution in [0.3, 0.4) is 0 Å². The summed E-state index contributed by atoms with van der Waals surface area (Å²) < 4.78 is 1.39. The number of amides is 3. The molecule has 0 radical (unpaired) electrons. The van der Waals surface area contributed by atoms with E-state index in [1.807, 2.05) is 27.7 Å². The summed E-state index contributed by atoms with van der Waals surface area (Å²) in [4.78, 5) is 71.2. The number of anilines is 2. The van der Waals surface area contributed by atoms with Gasteiger partial charge in [0.25, 0.3) is 11.5 Å². The number of pyridine rings is 1. The molecule has 0 atom stereocenters. The fourth-order valence-corrected chi connectivity index (χ4v) is 4.24. The monoisotopic (exact) mass is 491 g/mol. The molecule has 1 saturated heterocycles. The topological polar surface area (TPSA) is 134 Å². The van der Waals surface area contributed by atoms with Gasteiger partial charge in [0, 0.05) is 30.8 Å². The number of hydrogen-bond acceptors (Lipinski definition) is 6. The Hall–Kier alpha value is -4.08. The van der Waals surface area contributed by atoms with Gasteiger partial charge < -0.3 is 5.32 Å². The van der Waals surface area contributed by atoms with E-state index in [9.17, 15) is 24.0 Å². The first-order valence-corrected chi connectivity index (χ1v) is 12.0. The molecule has 0 bridgehead atoms. The van der Waals surface area contributed by atoms with Crippen LogP contribution in [-0.2, 0) is 16.1 Å². The Morgan fingerprint density at radius 1 is 1.03 bits per heavy atom. The number of carbonyl (C=O) groups is 3. The Balaban J connectivity index is 1.74. The van der Waals surface area contributed by atoms with Crippen LogP contribution in [0.25, 0.3) is 11.0 Å². The van der Waals surface area contributed by atoms with Crippen molar-refractivity contribution < 1.29 is 14.4 Å². The van der Waals surface area contributed by atoms with E-state index in [4.69, 9.17) is 0 Å². The van der Waals surface area contributed by atoms with E-state index in [1.165, 1.54) is 4.57 Å². The van der Waals surface area contributed by atoms with Gasteiger partial charge in [-0.2, -0.15) is 0 Å². The third-order valence-corrected chi connectivity index (χ3v) is 6.02. The second-order valence-electron chi connectivity index (χ2n) is 9.69. The first kappa shape index (κ1) is 25.0. The number of aromatic amines is 1. The fourth-order valence-electron chi connectivity index (χ4n) is 4.24. The lowest BCUT2D eigenvalue weighted by Crippen LogP contribution is -2.40. The zero-order valence-corrected chi connectivity index (χ0v) is 20.8. The number of fused-ring (bicyclic) bond motifs is 1. The number of aromatic nitrogens is 3. The molecular weight excluding hydrogens is 462 g/mol. The molecule has 0 spiro atoms. The van der Waals surface area contributed by atoms with Gasteiger partial charge >= 0.3 is 5.69 Å². The van der Waals surface area contributed by atoms with E-state index < -0.39 is 17.2 Å². The first-order valence-electron chi connectivity index (χ1n) is 12.0. The van der Waals surface area contributed by atoms with Crippen molar-refractivity contribution in [1.82, 2.24) is 14.5 Å². The molecule has 1 aromatic carbocycles. The van der Waals surface area contributed by atoms with Crippen LogP contribution in [0.1, 0.15) is 68.9 Å². The molecule has 1 aliphatic heterocycles. The molecule has 1 aliphatic rings. The molecule has 3 aromatic rings. The number of piperidine rings is 1. The lowest BCUT2D eigenvalue weighted by molar-refractivity contribution is -0.129. The van der Waals surface area contributed by atoms with Gasteiger partial charge in [-0.15, -0.1) is 0 Å². The predicted molar refractivity (Wildman–Crippen MR) is 136 cm³/mol. The summed E-state index contributed by atoms with van der Waals surface area (Å²) in [5, 5.41) is 2.82. The second kappa shape index (κ2) is 9.88. The van der Waals surface area contributed by atoms with Crippen LogP contribution in [0.5, 0.6) is 0 Å². The van der Waals surface area contributed by atoms with E-state index in [0.717, 1.165) is 4.90 Å². The maximum absolute atomic E-state index is 13.4. The maximum atomic E-state index is 13.4. The molecule has 2 N–H and O–H groups in total. The highest BCUT2D eigenvalue weighted by Crippen LogP contribution is 2.25. The molecule has 36 heavy (non-hydrogen) atoms. The summed E-state index contributed by atoms with van der Waals surface area (Å²) in [6.45, 7) is 8.04. The molecule has 4 rings (SSSR count). The summed E-state index contributed by atoms with van der Waals surface area (Å²) in [6.07, 6.45) is 1.17. The Morgan fingerprint density at radius 3 is 2.25 bits per heavy atom. The van der Waals surface area contributed by atoms with Gasteiger partial charge in [-0.1, -0.05) is 27.7 Å². The Labute approximate surface area is 207 Å². The van der Waals surface area contributed by atoms with E-state index in [1.54, 1.807) is 30.3 Å². The number of nitrogens with zero attached hydrogens (tertiary/aromatic N) is 3. The number of H-pyrrole nitrogens is 1. The van der Waals surface area contributed by atoms with Crippen LogP contribution in [0.2, 0.25) is 0 Å². The SMILES string of the molecule is CC(C)Cn1c(=O)[nH]c(=O)c2c(C(=O)Nc3ccc(N4C(=O)CCCC4=O)cc3)cc(C(C)C)nc21. The van der Waals surface area contributed by atoms with Crippen molar-refractivity contribution in [3.8, 4) is 0 Å². The van der Waals surface area contributed by atoms with Crippen LogP contribution in [0, 0.1) is 5.92 Å². The van der Waals surface area contributed by atoms with Gasteiger partial charge in [-0.3, -0.25) is 33.6 Å². The average Bonchev–Trinajstić information content (AvgIpc) is 2.81. The van der Waals surface area contributed by atoms with Crippen LogP contribution in [-0.4, -0.2) is 32.3 Å². The van der Waals surface area contributed by atoms with Gasteiger partial charge in [-0.05, 0) is 48.6 Å². The molecule has 0 unspecified atom stereocenters. The highest BCUT2D eigenvalue weighted by Gasteiger charge is 2.27. The lowest BCUT2D eigenvalue weighted by atomic mass is 10.0. The number of imide groups is 1. The van der Waals surface area contributed by atoms with Crippen molar-refractivity contribution in [2.75, 3.05) is 10.2 Å². The minimum Gasteiger partial charge on any atom is -0.322 e. The zero-order valence-electron chi connectivity index (χ0n) is 20.8. The highest BCUT2D eigenvalue weighted by molar-refractivity contribution is 6.16. The number of carbonyl (C=O) groups excluding carboxylic acids is 3. The normalized spacial score (nSPS) is 14.2. The van der Waals surface area contributed by atoms with Crippen molar-refractivity contribution in [2.45, 2.75) is 59.4 Å². The van der Waals surface area contributed by atoms with Crippen molar-refractivity contribution in [1.29, 1.82) is 0 Å². The Morgan fingerprint density at radius 2 is 1.67 bits per heavy atom. The Kier molecular flexibility index (Phi) is 6.87. The van der Waals surface area contributed by atoms with Gasteiger partial charge in [0.05, 0.1) is 16.6 Å². The van der Waals surface area contributed by atoms with Gasteiger partial charge in [-0.25, -0.2) is 9.78 Å². The standard InChI is InChI=1S/C26H29N5O5/c1-14(2)13-30-23-22(25(35)29-26(30)36)18(12-19(28-23)15(3)4)24(34)27-16-8-10-17(11-9-16)31-20(32)6-5-7-21(31)33/h8-12,14-15H,5-7,13H2,1-4H3,(H,27,34)(H,29,35,36). The Bertz CT molecular complexity index is 1450. The smallest absolute Gasteiger partial charge is 0.322 e. The highest BCUT2D eigenvalue weighted by atomic mass is 16.2. The number of nitrogens with one attached hydrogen (secondary N) is 2. The molecule has 3 amide bonds. The van der Waals surface area contributed by atoms with Crippen molar-refractivity contribution >= 4 is 40.1 Å². The predicted octanol–water partition coefficient (Wildman–Crippen LogP) is 3.16. The van der Waals surface area contributed by atoms with Crippen LogP contribution in [0.4, 0.5) is 11.4 Å². The molecule has 0 saturated carbocycles. The quantitative estimate of drug-likeness (QED) is 0.509. The molecule has 10 nitrogen and oxygen atoms in total. The molecule has 0 aliphatic carbocycles. The van der Waals surface area contributed by atoms with Crippen molar-refractivity contribution in [2.24, 2.45) is 5.92 Å². The number of benzene rings is 1. The summed E-state index contributed by atoms with van der Waals surface area (Å²) in [5.74, 6) is -0.988. The molecule has 2 aromatic heterocycles. The van der Waals surface area contributed by atoms with Gasteiger partial charge in [0.2, 0.25) is 11.8 Å². The zero-order chi connectivity index (χ0) is 26.1. The first-order chi connectivity index (χ1) is 17.1. The summed E-state index contributed by atoms with van der Waals surface area (Å²) >= 11 is 0. The van der Waals surface area contributed by atoms with Crippen molar-refractivity contribution in [3.63, 3.8) is 0 Å². The average molecular weight is 492 g/mol. The maximum Gasteiger partial charge on any atom is 0.330 e. The van der Waals surface area contributed by atoms with Gasteiger partial charge in [0.1, 0.15) is 0 Å². The second-order valence-corrected chi connectivity index (χ2v) is 9.69. The summed E-state index contributed by atoms with van der Waals surface area (Å²) in [6, 6.07) is 7.94. The third kappa shape index (κ3) is 4.84. The molecule has 10 heteroatoms. The summed E-state index contributed by atoms with van der Waals surface area (Å²) in [7, 11) is 0. The minimum atomic E-state index is -0.680. The van der Waals surface area contributed by atoms with E-state index >= 15 is 0 Å². The van der Waals surface area contributed by atoms with Crippen LogP contribution >= 0.6 is 0 Å². The molecule has 188 valence electrons. The van der Waals surface area contributed by atoms with Crippen LogP contribution in [0.15, 0.2) is 39.9 Å². The van der Waals surface area contributed by atoms with Crippen molar-refractivity contribution in [3.05, 3.63) is 62.4 Å². The molecular formula is C26H29N5O5. The van der Waals surface area contributed by atoms with Crippen LogP contribution < -0.4 is 21.5 Å². The van der Waals surface area contributed by atoms with E-state index in [-0.39, 0.29) is 40.2 Å². The molecule has 3 heterocycles. The minimum absolute atomic E-state index is 0.0401. The van der Waals surface area contributed by atoms with E-state index in [0.29, 0.717) is 42.9 Å². The largest absolute Gasteiger partial charge is 0.330 e. The molecule has 1 fully saturated rings. The number of rotatable bonds is 6. The number of hydrogen-bond donors (Lipinski definition) is 2. The fraction of sp³-hybridized carbons (Fsp3) is 0.385. The third-order valence-electron chi connectivity index (χ3n) is 6.02. The lowest BCUT2D eigenvalue weighted by Gasteiger charge is -2.25. The van der Waals surface area contributed by atoms with E-state index in [2.05, 4.69) is 15.3 Å². The van der Waals surface area contributed by atoms with Gasteiger partial charge in [0.15, 0.2) is 5.65 Å². The summed E-state index contributed by atoms with van der Waals surface area (Å²) in [5.41, 5.74) is 0.461.